The van der Waals surface area contributed by atoms with Gasteiger partial charge in [-0.3, -0.25) is 5.10 Å². The molecule has 1 aromatic heterocycles. The van der Waals surface area contributed by atoms with Crippen LogP contribution in [-0.4, -0.2) is 59.9 Å². The van der Waals surface area contributed by atoms with Gasteiger partial charge in [-0.1, -0.05) is 0 Å². The minimum Gasteiger partial charge on any atom is -0.338 e. The number of H-pyrrole nitrogens is 1. The summed E-state index contributed by atoms with van der Waals surface area (Å²) < 4.78 is 0. The molecule has 0 aromatic carbocycles. The molecule has 2 aliphatic heterocycles. The van der Waals surface area contributed by atoms with Gasteiger partial charge in [-0.2, -0.15) is 4.98 Å². The van der Waals surface area contributed by atoms with Crippen LogP contribution in [0.4, 0.5) is 5.95 Å². The van der Waals surface area contributed by atoms with Crippen molar-refractivity contribution in [1.29, 1.82) is 0 Å². The third kappa shape index (κ3) is 2.35. The van der Waals surface area contributed by atoms with E-state index in [-0.39, 0.29) is 0 Å². The molecule has 18 heavy (non-hydrogen) atoms. The van der Waals surface area contributed by atoms with E-state index >= 15 is 0 Å². The quantitative estimate of drug-likeness (QED) is 0.794. The maximum absolute atomic E-state index is 4.58. The predicted molar refractivity (Wildman–Crippen MR) is 70.5 cm³/mol. The lowest BCUT2D eigenvalue weighted by Crippen LogP contribution is -2.40. The van der Waals surface area contributed by atoms with Gasteiger partial charge in [0.2, 0.25) is 5.95 Å². The molecular formula is C12H22N6. The van der Waals surface area contributed by atoms with Crippen molar-refractivity contribution in [3.05, 3.63) is 5.82 Å². The second-order valence-electron chi connectivity index (χ2n) is 5.69. The average molecular weight is 250 g/mol. The predicted octanol–water partition coefficient (Wildman–Crippen LogP) is 0.0545. The van der Waals surface area contributed by atoms with E-state index in [1.807, 2.05) is 14.1 Å². The Hall–Kier alpha value is -1.14. The summed E-state index contributed by atoms with van der Waals surface area (Å²) in [5, 5.41) is 11.0. The molecule has 2 fully saturated rings. The highest BCUT2D eigenvalue weighted by Gasteiger charge is 2.35. The van der Waals surface area contributed by atoms with E-state index < -0.39 is 0 Å². The van der Waals surface area contributed by atoms with E-state index in [9.17, 15) is 0 Å². The molecule has 0 spiro atoms. The first-order valence-corrected chi connectivity index (χ1v) is 6.77. The fourth-order valence-corrected chi connectivity index (χ4v) is 3.01. The zero-order chi connectivity index (χ0) is 12.5. The van der Waals surface area contributed by atoms with Crippen molar-refractivity contribution >= 4 is 5.95 Å². The van der Waals surface area contributed by atoms with E-state index in [0.29, 0.717) is 6.04 Å². The summed E-state index contributed by atoms with van der Waals surface area (Å²) in [4.78, 5) is 8.98. The van der Waals surface area contributed by atoms with E-state index in [1.165, 1.54) is 12.8 Å². The number of nitrogens with zero attached hydrogens (tertiary/aromatic N) is 4. The number of nitrogens with one attached hydrogen (secondary N) is 2. The maximum atomic E-state index is 4.58. The van der Waals surface area contributed by atoms with Crippen LogP contribution in [0.25, 0.3) is 0 Å². The van der Waals surface area contributed by atoms with Crippen LogP contribution in [0.2, 0.25) is 0 Å². The molecule has 2 aliphatic rings. The third-order valence-corrected chi connectivity index (χ3v) is 3.87. The van der Waals surface area contributed by atoms with E-state index in [0.717, 1.165) is 43.9 Å². The molecule has 0 aliphatic carbocycles. The summed E-state index contributed by atoms with van der Waals surface area (Å²) in [5.41, 5.74) is 0. The Balaban J connectivity index is 1.66. The molecule has 2 unspecified atom stereocenters. The third-order valence-electron chi connectivity index (χ3n) is 3.87. The van der Waals surface area contributed by atoms with Gasteiger partial charge in [-0.15, -0.1) is 5.10 Å². The van der Waals surface area contributed by atoms with Gasteiger partial charge < -0.3 is 15.1 Å². The van der Waals surface area contributed by atoms with Gasteiger partial charge in [0.15, 0.2) is 0 Å². The average Bonchev–Trinajstić information content (AvgIpc) is 2.93. The largest absolute Gasteiger partial charge is 0.338 e. The molecule has 6 nitrogen and oxygen atoms in total. The second kappa shape index (κ2) is 4.85. The Morgan fingerprint density at radius 1 is 1.39 bits per heavy atom. The summed E-state index contributed by atoms with van der Waals surface area (Å²) in [5.74, 6) is 2.58. The Kier molecular flexibility index (Phi) is 3.22. The van der Waals surface area contributed by atoms with Gasteiger partial charge in [0, 0.05) is 19.1 Å². The topological polar surface area (TPSA) is 60.1 Å². The van der Waals surface area contributed by atoms with E-state index in [4.69, 9.17) is 0 Å². The summed E-state index contributed by atoms with van der Waals surface area (Å²) in [6, 6.07) is 0.634. The summed E-state index contributed by atoms with van der Waals surface area (Å²) in [7, 11) is 4.08. The molecule has 3 rings (SSSR count). The van der Waals surface area contributed by atoms with Crippen molar-refractivity contribution in [2.24, 2.45) is 5.92 Å². The van der Waals surface area contributed by atoms with Crippen LogP contribution in [0.1, 0.15) is 18.7 Å². The Bertz CT molecular complexity index is 387. The number of fused-ring (bicyclic) bond motifs is 1. The van der Waals surface area contributed by atoms with Crippen molar-refractivity contribution in [2.75, 3.05) is 38.6 Å². The van der Waals surface area contributed by atoms with Crippen LogP contribution in [0.3, 0.4) is 0 Å². The van der Waals surface area contributed by atoms with Crippen molar-refractivity contribution in [2.45, 2.75) is 25.4 Å². The number of piperidine rings is 1. The lowest BCUT2D eigenvalue weighted by molar-refractivity contribution is 0.340. The molecule has 2 saturated heterocycles. The van der Waals surface area contributed by atoms with Gasteiger partial charge in [-0.25, -0.2) is 0 Å². The minimum atomic E-state index is 0.634. The van der Waals surface area contributed by atoms with Crippen LogP contribution in [0, 0.1) is 5.92 Å². The molecule has 100 valence electrons. The first kappa shape index (κ1) is 11.9. The van der Waals surface area contributed by atoms with Gasteiger partial charge in [-0.05, 0) is 39.4 Å². The molecule has 1 aromatic rings. The first-order chi connectivity index (χ1) is 8.72. The number of anilines is 1. The molecule has 6 heteroatoms. The number of aromatic nitrogens is 3. The highest BCUT2D eigenvalue weighted by Crippen LogP contribution is 2.27. The first-order valence-electron chi connectivity index (χ1n) is 6.77. The Morgan fingerprint density at radius 3 is 3.06 bits per heavy atom. The fourth-order valence-electron chi connectivity index (χ4n) is 3.01. The summed E-state index contributed by atoms with van der Waals surface area (Å²) in [6.45, 7) is 4.11. The van der Waals surface area contributed by atoms with Crippen LogP contribution >= 0.6 is 0 Å². The number of hydrogen-bond acceptors (Lipinski definition) is 5. The molecular weight excluding hydrogens is 228 g/mol. The molecule has 3 heterocycles. The van der Waals surface area contributed by atoms with Crippen molar-refractivity contribution in [3.63, 3.8) is 0 Å². The molecule has 0 bridgehead atoms. The minimum absolute atomic E-state index is 0.634. The smallest absolute Gasteiger partial charge is 0.244 e. The van der Waals surface area contributed by atoms with Crippen molar-refractivity contribution < 1.29 is 0 Å². The van der Waals surface area contributed by atoms with Crippen molar-refractivity contribution in [1.82, 2.24) is 25.4 Å². The zero-order valence-corrected chi connectivity index (χ0v) is 11.2. The molecule has 0 amide bonds. The zero-order valence-electron chi connectivity index (χ0n) is 11.2. The highest BCUT2D eigenvalue weighted by molar-refractivity contribution is 5.32. The van der Waals surface area contributed by atoms with Gasteiger partial charge in [0.25, 0.3) is 0 Å². The van der Waals surface area contributed by atoms with Gasteiger partial charge >= 0.3 is 0 Å². The molecule has 2 N–H and O–H groups in total. The SMILES string of the molecule is CN(C)Cc1nc(N2CC3CCCNC3C2)n[nH]1. The molecule has 2 atom stereocenters. The van der Waals surface area contributed by atoms with Crippen molar-refractivity contribution in [3.8, 4) is 0 Å². The second-order valence-corrected chi connectivity index (χ2v) is 5.69. The summed E-state index contributed by atoms with van der Waals surface area (Å²) >= 11 is 0. The van der Waals surface area contributed by atoms with E-state index in [1.54, 1.807) is 0 Å². The molecule has 0 radical (unpaired) electrons. The highest BCUT2D eigenvalue weighted by atomic mass is 15.4. The Morgan fingerprint density at radius 2 is 2.28 bits per heavy atom. The van der Waals surface area contributed by atoms with Crippen LogP contribution in [-0.2, 0) is 6.54 Å². The fraction of sp³-hybridized carbons (Fsp3) is 0.833. The normalized spacial score (nSPS) is 27.8. The Labute approximate surface area is 108 Å². The lowest BCUT2D eigenvalue weighted by atomic mass is 9.94. The van der Waals surface area contributed by atoms with Crippen LogP contribution < -0.4 is 10.2 Å². The summed E-state index contributed by atoms with van der Waals surface area (Å²) in [6.07, 6.45) is 2.64. The number of hydrogen-bond donors (Lipinski definition) is 2. The van der Waals surface area contributed by atoms with Crippen LogP contribution in [0.15, 0.2) is 0 Å². The van der Waals surface area contributed by atoms with Crippen LogP contribution in [0.5, 0.6) is 0 Å². The maximum Gasteiger partial charge on any atom is 0.244 e. The molecule has 0 saturated carbocycles. The lowest BCUT2D eigenvalue weighted by Gasteiger charge is -2.24. The van der Waals surface area contributed by atoms with E-state index in [2.05, 4.69) is 30.3 Å². The standard InChI is InChI=1S/C12H22N6/c1-17(2)8-11-14-12(16-15-11)18-6-9-4-3-5-13-10(9)7-18/h9-10,13H,3-8H2,1-2H3,(H,14,15,16). The van der Waals surface area contributed by atoms with Gasteiger partial charge in [0.05, 0.1) is 6.54 Å². The number of rotatable bonds is 3. The number of aromatic amines is 1. The monoisotopic (exact) mass is 250 g/mol. The van der Waals surface area contributed by atoms with Gasteiger partial charge in [0.1, 0.15) is 5.82 Å².